The molecule has 5 heteroatoms. The van der Waals surface area contributed by atoms with E-state index < -0.39 is 9.84 Å². The van der Waals surface area contributed by atoms with E-state index in [1.54, 1.807) is 30.3 Å². The molecule has 0 aromatic heterocycles. The lowest BCUT2D eigenvalue weighted by molar-refractivity contribution is 0.601. The lowest BCUT2D eigenvalue weighted by Crippen LogP contribution is -2.02. The third kappa shape index (κ3) is 3.25. The fourth-order valence-electron chi connectivity index (χ4n) is 0.807. The van der Waals surface area contributed by atoms with Crippen molar-refractivity contribution in [3.63, 3.8) is 0 Å². The standard InChI is InChI=1S/C8H10O2S3/c1-11-12-7-13(9,10)8-5-3-2-4-6-8/h2-6H,7H2,1H3. The summed E-state index contributed by atoms with van der Waals surface area (Å²) in [4.78, 5) is 0.400. The summed E-state index contributed by atoms with van der Waals surface area (Å²) in [5.41, 5.74) is 0. The van der Waals surface area contributed by atoms with Crippen molar-refractivity contribution in [2.75, 3.05) is 11.3 Å². The number of benzene rings is 1. The molecule has 1 aromatic carbocycles. The molecule has 0 saturated carbocycles. The van der Waals surface area contributed by atoms with Crippen molar-refractivity contribution in [2.24, 2.45) is 0 Å². The molecule has 13 heavy (non-hydrogen) atoms. The number of hydrogen-bond donors (Lipinski definition) is 0. The Kier molecular flexibility index (Phi) is 4.15. The van der Waals surface area contributed by atoms with Crippen molar-refractivity contribution < 1.29 is 8.42 Å². The van der Waals surface area contributed by atoms with Crippen LogP contribution in [0.3, 0.4) is 0 Å². The second-order valence-corrected chi connectivity index (χ2v) is 7.25. The molecule has 0 saturated heterocycles. The zero-order valence-corrected chi connectivity index (χ0v) is 9.58. The summed E-state index contributed by atoms with van der Waals surface area (Å²) in [7, 11) is -0.281. The minimum Gasteiger partial charge on any atom is -0.223 e. The van der Waals surface area contributed by atoms with Crippen LogP contribution < -0.4 is 0 Å². The van der Waals surface area contributed by atoms with E-state index in [0.29, 0.717) is 4.90 Å². The van der Waals surface area contributed by atoms with Crippen LogP contribution in [0.4, 0.5) is 0 Å². The maximum absolute atomic E-state index is 11.6. The van der Waals surface area contributed by atoms with Crippen molar-refractivity contribution in [1.29, 1.82) is 0 Å². The second-order valence-electron chi connectivity index (χ2n) is 2.33. The minimum atomic E-state index is -3.08. The van der Waals surface area contributed by atoms with Gasteiger partial charge in [0.15, 0.2) is 9.84 Å². The highest BCUT2D eigenvalue weighted by Crippen LogP contribution is 2.23. The molecule has 0 atom stereocenters. The van der Waals surface area contributed by atoms with Crippen LogP contribution in [0.1, 0.15) is 0 Å². The Bertz CT molecular complexity index is 345. The van der Waals surface area contributed by atoms with Gasteiger partial charge in [-0.05, 0) is 18.4 Å². The quantitative estimate of drug-likeness (QED) is 0.749. The molecule has 72 valence electrons. The normalized spacial score (nSPS) is 11.5. The van der Waals surface area contributed by atoms with Crippen LogP contribution in [0.2, 0.25) is 0 Å². The Balaban J connectivity index is 2.83. The Morgan fingerprint density at radius 2 is 1.85 bits per heavy atom. The first kappa shape index (κ1) is 10.9. The summed E-state index contributed by atoms with van der Waals surface area (Å²) in [6.07, 6.45) is 1.87. The first-order valence-electron chi connectivity index (χ1n) is 3.60. The number of hydrogen-bond acceptors (Lipinski definition) is 4. The monoisotopic (exact) mass is 234 g/mol. The molecule has 0 fully saturated rings. The van der Waals surface area contributed by atoms with E-state index in [1.807, 2.05) is 6.26 Å². The maximum atomic E-state index is 11.6. The van der Waals surface area contributed by atoms with Crippen LogP contribution >= 0.6 is 21.6 Å². The molecule has 1 aromatic rings. The molecule has 0 N–H and O–H groups in total. The predicted molar refractivity (Wildman–Crippen MR) is 59.6 cm³/mol. The Morgan fingerprint density at radius 3 is 2.38 bits per heavy atom. The average molecular weight is 234 g/mol. The van der Waals surface area contributed by atoms with E-state index in [4.69, 9.17) is 0 Å². The Hall–Kier alpha value is -0.130. The van der Waals surface area contributed by atoms with Gasteiger partial charge in [0.1, 0.15) is 5.08 Å². The van der Waals surface area contributed by atoms with Gasteiger partial charge in [0.05, 0.1) is 4.90 Å². The van der Waals surface area contributed by atoms with Crippen LogP contribution in [-0.2, 0) is 9.84 Å². The Morgan fingerprint density at radius 1 is 1.23 bits per heavy atom. The molecular weight excluding hydrogens is 224 g/mol. The molecule has 0 radical (unpaired) electrons. The van der Waals surface area contributed by atoms with Crippen molar-refractivity contribution >= 4 is 31.4 Å². The van der Waals surface area contributed by atoms with E-state index in [9.17, 15) is 8.42 Å². The van der Waals surface area contributed by atoms with E-state index in [2.05, 4.69) is 0 Å². The van der Waals surface area contributed by atoms with Crippen LogP contribution in [0.25, 0.3) is 0 Å². The van der Waals surface area contributed by atoms with Crippen LogP contribution in [-0.4, -0.2) is 19.8 Å². The van der Waals surface area contributed by atoms with Gasteiger partial charge in [-0.1, -0.05) is 39.8 Å². The van der Waals surface area contributed by atoms with Gasteiger partial charge in [-0.3, -0.25) is 0 Å². The van der Waals surface area contributed by atoms with Gasteiger partial charge < -0.3 is 0 Å². The first-order valence-corrected chi connectivity index (χ1v) is 7.98. The fourth-order valence-corrected chi connectivity index (χ4v) is 4.82. The lowest BCUT2D eigenvalue weighted by Gasteiger charge is -2.01. The fraction of sp³-hybridized carbons (Fsp3) is 0.250. The van der Waals surface area contributed by atoms with Gasteiger partial charge in [0.25, 0.3) is 0 Å². The lowest BCUT2D eigenvalue weighted by atomic mass is 10.4. The molecule has 0 aliphatic heterocycles. The van der Waals surface area contributed by atoms with Crippen LogP contribution in [0, 0.1) is 0 Å². The molecule has 2 nitrogen and oxygen atoms in total. The Labute approximate surface area is 86.4 Å². The van der Waals surface area contributed by atoms with Crippen molar-refractivity contribution in [3.8, 4) is 0 Å². The van der Waals surface area contributed by atoms with Gasteiger partial charge in [0.2, 0.25) is 0 Å². The second kappa shape index (κ2) is 4.93. The number of sulfone groups is 1. The van der Waals surface area contributed by atoms with Crippen LogP contribution in [0.15, 0.2) is 35.2 Å². The van der Waals surface area contributed by atoms with E-state index in [0.717, 1.165) is 0 Å². The van der Waals surface area contributed by atoms with Gasteiger partial charge in [-0.15, -0.1) is 0 Å². The third-order valence-corrected chi connectivity index (χ3v) is 5.85. The summed E-state index contributed by atoms with van der Waals surface area (Å²) in [5, 5.41) is 0.137. The zero-order valence-electron chi connectivity index (χ0n) is 7.14. The zero-order chi connectivity index (χ0) is 9.73. The highest BCUT2D eigenvalue weighted by atomic mass is 33.1. The highest BCUT2D eigenvalue weighted by molar-refractivity contribution is 8.77. The summed E-state index contributed by atoms with van der Waals surface area (Å²) in [6.45, 7) is 0. The molecule has 0 aliphatic carbocycles. The highest BCUT2D eigenvalue weighted by Gasteiger charge is 2.12. The molecule has 0 unspecified atom stereocenters. The van der Waals surface area contributed by atoms with Gasteiger partial charge in [0, 0.05) is 0 Å². The predicted octanol–water partition coefficient (Wildman–Crippen LogP) is 2.43. The smallest absolute Gasteiger partial charge is 0.188 e. The SMILES string of the molecule is CSSCS(=O)(=O)c1ccccc1. The van der Waals surface area contributed by atoms with Crippen molar-refractivity contribution in [3.05, 3.63) is 30.3 Å². The van der Waals surface area contributed by atoms with E-state index in [1.165, 1.54) is 21.6 Å². The van der Waals surface area contributed by atoms with Gasteiger partial charge in [-0.2, -0.15) is 0 Å². The molecular formula is C8H10O2S3. The molecule has 0 spiro atoms. The van der Waals surface area contributed by atoms with Crippen molar-refractivity contribution in [1.82, 2.24) is 0 Å². The summed E-state index contributed by atoms with van der Waals surface area (Å²) < 4.78 is 23.1. The molecule has 0 amide bonds. The third-order valence-electron chi connectivity index (χ3n) is 1.42. The summed E-state index contributed by atoms with van der Waals surface area (Å²) >= 11 is 0. The molecule has 0 aliphatic rings. The first-order chi connectivity index (χ1) is 6.17. The van der Waals surface area contributed by atoms with E-state index in [-0.39, 0.29) is 5.08 Å². The molecule has 1 rings (SSSR count). The number of rotatable bonds is 4. The van der Waals surface area contributed by atoms with Crippen molar-refractivity contribution in [2.45, 2.75) is 4.90 Å². The maximum Gasteiger partial charge on any atom is 0.188 e. The molecule has 0 heterocycles. The average Bonchev–Trinajstić information content (AvgIpc) is 2.16. The molecule has 0 bridgehead atoms. The minimum absolute atomic E-state index is 0.137. The topological polar surface area (TPSA) is 34.1 Å². The van der Waals surface area contributed by atoms with Gasteiger partial charge >= 0.3 is 0 Å². The largest absolute Gasteiger partial charge is 0.223 e. The van der Waals surface area contributed by atoms with Crippen LogP contribution in [0.5, 0.6) is 0 Å². The van der Waals surface area contributed by atoms with E-state index >= 15 is 0 Å². The van der Waals surface area contributed by atoms with Gasteiger partial charge in [-0.25, -0.2) is 8.42 Å². The summed E-state index contributed by atoms with van der Waals surface area (Å²) in [5.74, 6) is 0. The summed E-state index contributed by atoms with van der Waals surface area (Å²) in [6, 6.07) is 8.51.